The van der Waals surface area contributed by atoms with Gasteiger partial charge in [-0.2, -0.15) is 0 Å². The van der Waals surface area contributed by atoms with Crippen molar-refractivity contribution in [3.05, 3.63) is 12.2 Å². The molecule has 2 unspecified atom stereocenters. The van der Waals surface area contributed by atoms with E-state index < -0.39 is 0 Å². The van der Waals surface area contributed by atoms with Crippen LogP contribution < -0.4 is 0 Å². The SMILES string of the molecule is O=C1CC(CC2CC=CCC2)CO1. The van der Waals surface area contributed by atoms with Crippen LogP contribution in [0, 0.1) is 11.8 Å². The summed E-state index contributed by atoms with van der Waals surface area (Å²) in [6.45, 7) is 0.666. The van der Waals surface area contributed by atoms with Gasteiger partial charge in [0.15, 0.2) is 0 Å². The van der Waals surface area contributed by atoms with Gasteiger partial charge in [0.05, 0.1) is 13.0 Å². The maximum atomic E-state index is 10.9. The molecule has 1 aliphatic heterocycles. The van der Waals surface area contributed by atoms with Crippen LogP contribution in [0.25, 0.3) is 0 Å². The lowest BCUT2D eigenvalue weighted by Gasteiger charge is -2.19. The maximum absolute atomic E-state index is 10.9. The predicted octanol–water partition coefficient (Wildman–Crippen LogP) is 2.30. The van der Waals surface area contributed by atoms with Crippen molar-refractivity contribution in [2.45, 2.75) is 32.1 Å². The Balaban J connectivity index is 1.77. The molecular formula is C11H16O2. The molecule has 2 nitrogen and oxygen atoms in total. The Labute approximate surface area is 79.0 Å². The van der Waals surface area contributed by atoms with Gasteiger partial charge in [-0.3, -0.25) is 4.79 Å². The van der Waals surface area contributed by atoms with Crippen molar-refractivity contribution in [3.63, 3.8) is 0 Å². The Hall–Kier alpha value is -0.790. The second-order valence-corrected chi connectivity index (χ2v) is 4.14. The Morgan fingerprint density at radius 2 is 2.31 bits per heavy atom. The first-order valence-corrected chi connectivity index (χ1v) is 5.15. The zero-order valence-corrected chi connectivity index (χ0v) is 7.87. The molecule has 0 aromatic rings. The van der Waals surface area contributed by atoms with Crippen LogP contribution in [0.2, 0.25) is 0 Å². The molecule has 0 aromatic heterocycles. The van der Waals surface area contributed by atoms with E-state index in [1.807, 2.05) is 0 Å². The molecule has 72 valence electrons. The van der Waals surface area contributed by atoms with Gasteiger partial charge in [-0.25, -0.2) is 0 Å². The quantitative estimate of drug-likeness (QED) is 0.481. The largest absolute Gasteiger partial charge is 0.465 e. The number of cyclic esters (lactones) is 1. The molecule has 13 heavy (non-hydrogen) atoms. The van der Waals surface area contributed by atoms with E-state index in [4.69, 9.17) is 4.74 Å². The highest BCUT2D eigenvalue weighted by molar-refractivity contribution is 5.71. The fourth-order valence-corrected chi connectivity index (χ4v) is 2.26. The van der Waals surface area contributed by atoms with Crippen LogP contribution >= 0.6 is 0 Å². The fraction of sp³-hybridized carbons (Fsp3) is 0.727. The van der Waals surface area contributed by atoms with Crippen LogP contribution in [0.5, 0.6) is 0 Å². The van der Waals surface area contributed by atoms with Crippen molar-refractivity contribution in [1.29, 1.82) is 0 Å². The molecule has 2 rings (SSSR count). The zero-order valence-electron chi connectivity index (χ0n) is 7.87. The summed E-state index contributed by atoms with van der Waals surface area (Å²) in [5.41, 5.74) is 0. The Morgan fingerprint density at radius 3 is 2.92 bits per heavy atom. The van der Waals surface area contributed by atoms with Crippen LogP contribution in [0.15, 0.2) is 12.2 Å². The minimum Gasteiger partial charge on any atom is -0.465 e. The van der Waals surface area contributed by atoms with Gasteiger partial charge in [0, 0.05) is 5.92 Å². The maximum Gasteiger partial charge on any atom is 0.306 e. The van der Waals surface area contributed by atoms with Crippen molar-refractivity contribution < 1.29 is 9.53 Å². The topological polar surface area (TPSA) is 26.3 Å². The molecule has 1 aliphatic carbocycles. The van der Waals surface area contributed by atoms with E-state index in [9.17, 15) is 4.79 Å². The summed E-state index contributed by atoms with van der Waals surface area (Å²) >= 11 is 0. The van der Waals surface area contributed by atoms with Gasteiger partial charge in [-0.15, -0.1) is 0 Å². The number of allylic oxidation sites excluding steroid dienone is 2. The summed E-state index contributed by atoms with van der Waals surface area (Å²) in [5, 5.41) is 0. The van der Waals surface area contributed by atoms with Gasteiger partial charge in [0.1, 0.15) is 0 Å². The Kier molecular flexibility index (Phi) is 2.67. The number of esters is 1. The van der Waals surface area contributed by atoms with Crippen LogP contribution in [0.3, 0.4) is 0 Å². The third-order valence-corrected chi connectivity index (χ3v) is 2.98. The summed E-state index contributed by atoms with van der Waals surface area (Å²) in [6.07, 6.45) is 10.1. The Bertz CT molecular complexity index is 218. The minimum absolute atomic E-state index is 0.00338. The Morgan fingerprint density at radius 1 is 1.38 bits per heavy atom. The van der Waals surface area contributed by atoms with Crippen LogP contribution in [0.4, 0.5) is 0 Å². The van der Waals surface area contributed by atoms with Crippen molar-refractivity contribution in [1.82, 2.24) is 0 Å². The molecule has 2 atom stereocenters. The highest BCUT2D eigenvalue weighted by atomic mass is 16.5. The number of carbonyl (C=O) groups excluding carboxylic acids is 1. The normalized spacial score (nSPS) is 33.4. The summed E-state index contributed by atoms with van der Waals surface area (Å²) in [6, 6.07) is 0. The first kappa shape index (κ1) is 8.79. The second kappa shape index (κ2) is 3.95. The van der Waals surface area contributed by atoms with Crippen LogP contribution in [-0.4, -0.2) is 12.6 Å². The summed E-state index contributed by atoms with van der Waals surface area (Å²) in [4.78, 5) is 10.9. The highest BCUT2D eigenvalue weighted by Gasteiger charge is 2.26. The number of ether oxygens (including phenoxy) is 1. The molecule has 0 bridgehead atoms. The van der Waals surface area contributed by atoms with E-state index in [1.54, 1.807) is 0 Å². The zero-order chi connectivity index (χ0) is 9.10. The van der Waals surface area contributed by atoms with E-state index in [0.29, 0.717) is 18.9 Å². The first-order chi connectivity index (χ1) is 6.34. The van der Waals surface area contributed by atoms with Gasteiger partial charge >= 0.3 is 5.97 Å². The van der Waals surface area contributed by atoms with E-state index in [0.717, 1.165) is 5.92 Å². The number of hydrogen-bond acceptors (Lipinski definition) is 2. The number of hydrogen-bond donors (Lipinski definition) is 0. The van der Waals surface area contributed by atoms with Gasteiger partial charge in [-0.05, 0) is 31.6 Å². The number of carbonyl (C=O) groups is 1. The van der Waals surface area contributed by atoms with E-state index in [-0.39, 0.29) is 5.97 Å². The van der Waals surface area contributed by atoms with Crippen molar-refractivity contribution in [2.24, 2.45) is 11.8 Å². The van der Waals surface area contributed by atoms with Gasteiger partial charge in [0.2, 0.25) is 0 Å². The van der Waals surface area contributed by atoms with Crippen molar-refractivity contribution >= 4 is 5.97 Å². The molecule has 0 amide bonds. The van der Waals surface area contributed by atoms with Gasteiger partial charge in [0.25, 0.3) is 0 Å². The second-order valence-electron chi connectivity index (χ2n) is 4.14. The lowest BCUT2D eigenvalue weighted by atomic mass is 9.85. The lowest BCUT2D eigenvalue weighted by molar-refractivity contribution is -0.137. The van der Waals surface area contributed by atoms with Crippen molar-refractivity contribution in [3.8, 4) is 0 Å². The van der Waals surface area contributed by atoms with Gasteiger partial charge in [-0.1, -0.05) is 12.2 Å². The minimum atomic E-state index is -0.00338. The average molecular weight is 180 g/mol. The molecule has 0 spiro atoms. The third-order valence-electron chi connectivity index (χ3n) is 2.98. The van der Waals surface area contributed by atoms with E-state index in [1.165, 1.54) is 25.7 Å². The molecule has 0 radical (unpaired) electrons. The first-order valence-electron chi connectivity index (χ1n) is 5.15. The van der Waals surface area contributed by atoms with E-state index in [2.05, 4.69) is 12.2 Å². The van der Waals surface area contributed by atoms with Gasteiger partial charge < -0.3 is 4.74 Å². The molecule has 1 fully saturated rings. The molecule has 0 aromatic carbocycles. The smallest absolute Gasteiger partial charge is 0.306 e. The monoisotopic (exact) mass is 180 g/mol. The third kappa shape index (κ3) is 2.33. The number of rotatable bonds is 2. The van der Waals surface area contributed by atoms with E-state index >= 15 is 0 Å². The standard InChI is InChI=1S/C11H16O2/c12-11-7-10(8-13-11)6-9-4-2-1-3-5-9/h1-2,9-10H,3-8H2. The summed E-state index contributed by atoms with van der Waals surface area (Å²) < 4.78 is 4.95. The summed E-state index contributed by atoms with van der Waals surface area (Å²) in [5.74, 6) is 1.30. The summed E-state index contributed by atoms with van der Waals surface area (Å²) in [7, 11) is 0. The average Bonchev–Trinajstić information content (AvgIpc) is 2.53. The van der Waals surface area contributed by atoms with Crippen molar-refractivity contribution in [2.75, 3.05) is 6.61 Å². The van der Waals surface area contributed by atoms with Crippen LogP contribution in [0.1, 0.15) is 32.1 Å². The predicted molar refractivity (Wildman–Crippen MR) is 50.2 cm³/mol. The molecule has 2 aliphatic rings. The lowest BCUT2D eigenvalue weighted by Crippen LogP contribution is -2.10. The molecule has 1 saturated heterocycles. The highest BCUT2D eigenvalue weighted by Crippen LogP contribution is 2.29. The molecule has 0 saturated carbocycles. The van der Waals surface area contributed by atoms with Crippen LogP contribution in [-0.2, 0) is 9.53 Å². The molecular weight excluding hydrogens is 164 g/mol. The molecule has 0 N–H and O–H groups in total. The molecule has 2 heteroatoms. The molecule has 1 heterocycles. The fourth-order valence-electron chi connectivity index (χ4n) is 2.26.